The van der Waals surface area contributed by atoms with E-state index < -0.39 is 0 Å². The van der Waals surface area contributed by atoms with E-state index in [-0.39, 0.29) is 5.82 Å². The van der Waals surface area contributed by atoms with Crippen LogP contribution in [0.4, 0.5) is 4.39 Å². The van der Waals surface area contributed by atoms with Crippen molar-refractivity contribution in [3.05, 3.63) is 54.3 Å². The predicted molar refractivity (Wildman–Crippen MR) is 123 cm³/mol. The van der Waals surface area contributed by atoms with Gasteiger partial charge in [0.2, 0.25) is 0 Å². The highest BCUT2D eigenvalue weighted by Crippen LogP contribution is 2.43. The smallest absolute Gasteiger partial charge is 0.161 e. The van der Waals surface area contributed by atoms with Crippen LogP contribution in [0.5, 0.6) is 23.0 Å². The summed E-state index contributed by atoms with van der Waals surface area (Å²) in [6.45, 7) is 0. The number of nitrogens with one attached hydrogen (secondary N) is 1. The molecule has 0 bridgehead atoms. The summed E-state index contributed by atoms with van der Waals surface area (Å²) < 4.78 is 35.9. The Hall–Kier alpha value is -4.00. The number of aromatic amines is 1. The van der Waals surface area contributed by atoms with Gasteiger partial charge in [-0.3, -0.25) is 0 Å². The van der Waals surface area contributed by atoms with E-state index in [1.165, 1.54) is 12.1 Å². The number of hydrogen-bond acceptors (Lipinski definition) is 5. The van der Waals surface area contributed by atoms with E-state index >= 15 is 0 Å². The van der Waals surface area contributed by atoms with Gasteiger partial charge in [0.1, 0.15) is 11.6 Å². The minimum absolute atomic E-state index is 0.320. The van der Waals surface area contributed by atoms with Crippen LogP contribution in [-0.2, 0) is 0 Å². The van der Waals surface area contributed by atoms with E-state index in [1.807, 2.05) is 30.3 Å². The van der Waals surface area contributed by atoms with Gasteiger partial charge >= 0.3 is 0 Å². The topological polar surface area (TPSA) is 65.6 Å². The molecule has 1 aromatic heterocycles. The number of methoxy groups -OCH3 is 4. The number of ether oxygens (including phenoxy) is 4. The van der Waals surface area contributed by atoms with Gasteiger partial charge in [-0.2, -0.15) is 0 Å². The van der Waals surface area contributed by atoms with Gasteiger partial charge in [0.25, 0.3) is 0 Å². The maximum absolute atomic E-state index is 13.7. The molecule has 5 aromatic rings. The Balaban J connectivity index is 1.91. The monoisotopic (exact) mass is 432 g/mol. The molecule has 0 fully saturated rings. The summed E-state index contributed by atoms with van der Waals surface area (Å²) in [5.41, 5.74) is 2.15. The second kappa shape index (κ2) is 7.60. The average molecular weight is 432 g/mol. The summed E-state index contributed by atoms with van der Waals surface area (Å²) in [5, 5.41) is 3.73. The first kappa shape index (κ1) is 19.9. The van der Waals surface area contributed by atoms with Gasteiger partial charge in [0.15, 0.2) is 23.0 Å². The van der Waals surface area contributed by atoms with Gasteiger partial charge in [-0.15, -0.1) is 0 Å². The lowest BCUT2D eigenvalue weighted by Gasteiger charge is -2.15. The molecule has 0 saturated carbocycles. The summed E-state index contributed by atoms with van der Waals surface area (Å²) in [5.74, 6) is 2.77. The van der Waals surface area contributed by atoms with E-state index in [4.69, 9.17) is 23.9 Å². The number of H-pyrrole nitrogens is 1. The van der Waals surface area contributed by atoms with Crippen LogP contribution >= 0.6 is 0 Å². The molecule has 0 aliphatic rings. The molecule has 0 saturated heterocycles. The first-order valence-corrected chi connectivity index (χ1v) is 9.96. The molecule has 0 spiro atoms. The maximum atomic E-state index is 13.7. The maximum Gasteiger partial charge on any atom is 0.161 e. The standard InChI is InChI=1S/C25H21FN2O4/c1-29-21-8-13-7-18(25-27-19-6-5-14(26)9-20(19)28-25)17-12-24(32-4)23(31-3)11-16(17)15(13)10-22(21)30-2/h5-12H,1-4H3,(H,27,28). The second-order valence-corrected chi connectivity index (χ2v) is 7.35. The number of nitrogens with zero attached hydrogens (tertiary/aromatic N) is 1. The fourth-order valence-corrected chi connectivity index (χ4v) is 4.11. The molecule has 0 radical (unpaired) electrons. The van der Waals surface area contributed by atoms with Crippen molar-refractivity contribution >= 4 is 32.6 Å². The number of halogens is 1. The third-order valence-electron chi connectivity index (χ3n) is 5.66. The lowest BCUT2D eigenvalue weighted by atomic mass is 9.95. The van der Waals surface area contributed by atoms with Crippen LogP contribution in [-0.4, -0.2) is 38.4 Å². The molecular weight excluding hydrogens is 411 g/mol. The summed E-state index contributed by atoms with van der Waals surface area (Å²) >= 11 is 0. The summed E-state index contributed by atoms with van der Waals surface area (Å²) in [6, 6.07) is 14.3. The van der Waals surface area contributed by atoms with E-state index in [9.17, 15) is 4.39 Å². The van der Waals surface area contributed by atoms with Crippen molar-refractivity contribution in [2.24, 2.45) is 0 Å². The molecule has 0 unspecified atom stereocenters. The van der Waals surface area contributed by atoms with Gasteiger partial charge in [-0.25, -0.2) is 9.37 Å². The van der Waals surface area contributed by atoms with Crippen molar-refractivity contribution in [2.75, 3.05) is 28.4 Å². The van der Waals surface area contributed by atoms with Crippen molar-refractivity contribution in [2.45, 2.75) is 0 Å². The van der Waals surface area contributed by atoms with Crippen LogP contribution in [0.25, 0.3) is 44.0 Å². The molecule has 5 rings (SSSR count). The van der Waals surface area contributed by atoms with Crippen LogP contribution in [0.3, 0.4) is 0 Å². The quantitative estimate of drug-likeness (QED) is 0.361. The zero-order valence-corrected chi connectivity index (χ0v) is 18.1. The van der Waals surface area contributed by atoms with Gasteiger partial charge in [0, 0.05) is 5.56 Å². The number of aromatic nitrogens is 2. The molecule has 4 aromatic carbocycles. The van der Waals surface area contributed by atoms with Gasteiger partial charge in [-0.1, -0.05) is 0 Å². The molecule has 7 heteroatoms. The second-order valence-electron chi connectivity index (χ2n) is 7.35. The lowest BCUT2D eigenvalue weighted by Crippen LogP contribution is -1.95. The number of benzene rings is 4. The van der Waals surface area contributed by atoms with E-state index in [0.717, 1.165) is 27.1 Å². The molecule has 1 heterocycles. The number of fused-ring (bicyclic) bond motifs is 4. The Bertz CT molecular complexity index is 1490. The molecule has 0 amide bonds. The number of imidazole rings is 1. The van der Waals surface area contributed by atoms with E-state index in [1.54, 1.807) is 34.5 Å². The van der Waals surface area contributed by atoms with Gasteiger partial charge < -0.3 is 23.9 Å². The third-order valence-corrected chi connectivity index (χ3v) is 5.66. The molecule has 0 atom stereocenters. The van der Waals surface area contributed by atoms with Crippen LogP contribution in [0, 0.1) is 5.82 Å². The molecule has 162 valence electrons. The molecule has 0 aliphatic carbocycles. The Labute approximate surface area is 183 Å². The molecule has 32 heavy (non-hydrogen) atoms. The minimum Gasteiger partial charge on any atom is -0.493 e. The summed E-state index contributed by atoms with van der Waals surface area (Å²) in [7, 11) is 6.42. The first-order chi connectivity index (χ1) is 15.6. The van der Waals surface area contributed by atoms with Crippen molar-refractivity contribution in [1.29, 1.82) is 0 Å². The Morgan fingerprint density at radius 3 is 1.94 bits per heavy atom. The minimum atomic E-state index is -0.320. The SMILES string of the molecule is COc1cc2cc(-c3nc4ccc(F)cc4[nH]3)c3cc(OC)c(OC)cc3c2cc1OC. The fraction of sp³-hybridized carbons (Fsp3) is 0.160. The third kappa shape index (κ3) is 3.05. The van der Waals surface area contributed by atoms with Crippen LogP contribution in [0.1, 0.15) is 0 Å². The fourth-order valence-electron chi connectivity index (χ4n) is 4.11. The molecular formula is C25H21FN2O4. The highest BCUT2D eigenvalue weighted by Gasteiger charge is 2.18. The Kier molecular flexibility index (Phi) is 4.74. The van der Waals surface area contributed by atoms with Crippen molar-refractivity contribution in [1.82, 2.24) is 9.97 Å². The van der Waals surface area contributed by atoms with Crippen LogP contribution in [0.2, 0.25) is 0 Å². The highest BCUT2D eigenvalue weighted by molar-refractivity contribution is 6.15. The van der Waals surface area contributed by atoms with Gasteiger partial charge in [-0.05, 0) is 70.1 Å². The average Bonchev–Trinajstić information content (AvgIpc) is 3.24. The molecule has 6 nitrogen and oxygen atoms in total. The highest BCUT2D eigenvalue weighted by atomic mass is 19.1. The molecule has 0 aliphatic heterocycles. The molecule has 1 N–H and O–H groups in total. The van der Waals surface area contributed by atoms with Crippen molar-refractivity contribution in [3.8, 4) is 34.4 Å². The van der Waals surface area contributed by atoms with Crippen LogP contribution < -0.4 is 18.9 Å². The lowest BCUT2D eigenvalue weighted by molar-refractivity contribution is 0.355. The normalized spacial score (nSPS) is 11.3. The van der Waals surface area contributed by atoms with Crippen molar-refractivity contribution in [3.63, 3.8) is 0 Å². The summed E-state index contributed by atoms with van der Waals surface area (Å²) in [6.07, 6.45) is 0. The van der Waals surface area contributed by atoms with Crippen LogP contribution in [0.15, 0.2) is 48.5 Å². The predicted octanol–water partition coefficient (Wildman–Crippen LogP) is 5.71. The largest absolute Gasteiger partial charge is 0.493 e. The Morgan fingerprint density at radius 1 is 0.688 bits per heavy atom. The first-order valence-electron chi connectivity index (χ1n) is 9.96. The van der Waals surface area contributed by atoms with Crippen molar-refractivity contribution < 1.29 is 23.3 Å². The van der Waals surface area contributed by atoms with E-state index in [0.29, 0.717) is 39.9 Å². The van der Waals surface area contributed by atoms with Gasteiger partial charge in [0.05, 0.1) is 39.5 Å². The number of hydrogen-bond donors (Lipinski definition) is 1. The zero-order valence-electron chi connectivity index (χ0n) is 18.1. The zero-order chi connectivity index (χ0) is 22.4. The summed E-state index contributed by atoms with van der Waals surface area (Å²) in [4.78, 5) is 7.95. The number of rotatable bonds is 5. The van der Waals surface area contributed by atoms with E-state index in [2.05, 4.69) is 4.98 Å². The Morgan fingerprint density at radius 2 is 1.28 bits per heavy atom.